The van der Waals surface area contributed by atoms with Crippen molar-refractivity contribution >= 4 is 35.4 Å². The van der Waals surface area contributed by atoms with Crippen LogP contribution in [0.5, 0.6) is 5.75 Å². The van der Waals surface area contributed by atoms with Gasteiger partial charge in [-0.2, -0.15) is 13.2 Å². The zero-order valence-electron chi connectivity index (χ0n) is 36.0. The molecule has 3 rings (SSSR count). The van der Waals surface area contributed by atoms with Gasteiger partial charge in [-0.1, -0.05) is 30.3 Å². The summed E-state index contributed by atoms with van der Waals surface area (Å²) in [6, 6.07) is 7.78. The molecule has 2 aromatic rings. The van der Waals surface area contributed by atoms with Crippen LogP contribution in [-0.2, 0) is 51.0 Å². The normalized spacial score (nSPS) is 15.0. The number of esters is 1. The fraction of sp³-hybridized carbons (Fsp3) is 0.610. The Hall–Kier alpha value is -4.82. The Kier molecular flexibility index (Phi) is 17.3. The molecule has 342 valence electrons. The standard InChI is InChI=1S/C41H55F6N3O11/c1-38(2,3)59-31(51)22-49(35(52)41(45,46)47)33-29(57-23-25-14-12-11-13-15-25)19-28-27(32(33)42)18-26(50(28)37(54)61-40(7,8)9)20-48(36(53)60-39(4,5)6)21-30(34(43)44)58-24-56-17-16-55-10/h11-15,19,26,30,34H,16-18,20-24H2,1-10H3/t26-,30?/m1/s1. The molecular formula is C41H55F6N3O11. The van der Waals surface area contributed by atoms with E-state index < -0.39 is 121 Å². The van der Waals surface area contributed by atoms with Gasteiger partial charge in [0.15, 0.2) is 5.82 Å². The fourth-order valence-corrected chi connectivity index (χ4v) is 5.85. The molecule has 2 aromatic carbocycles. The Bertz CT molecular complexity index is 1810. The molecule has 0 aliphatic carbocycles. The van der Waals surface area contributed by atoms with Crippen LogP contribution in [0.3, 0.4) is 0 Å². The van der Waals surface area contributed by atoms with E-state index in [0.29, 0.717) is 5.56 Å². The number of carbonyl (C=O) groups excluding carboxylic acids is 4. The molecule has 0 radical (unpaired) electrons. The molecule has 0 bridgehead atoms. The number of hydrogen-bond donors (Lipinski definition) is 0. The number of carbonyl (C=O) groups is 4. The van der Waals surface area contributed by atoms with Crippen molar-refractivity contribution in [2.75, 3.05) is 56.6 Å². The van der Waals surface area contributed by atoms with Crippen molar-refractivity contribution < 1.29 is 78.7 Å². The smallest absolute Gasteiger partial charge is 0.471 e. The lowest BCUT2D eigenvalue weighted by atomic mass is 10.1. The summed E-state index contributed by atoms with van der Waals surface area (Å²) in [6.07, 6.45) is -13.6. The molecule has 0 fully saturated rings. The number of benzene rings is 2. The molecule has 0 saturated carbocycles. The second kappa shape index (κ2) is 20.8. The van der Waals surface area contributed by atoms with Gasteiger partial charge in [0.1, 0.15) is 54.3 Å². The number of ether oxygens (including phenoxy) is 7. The largest absolute Gasteiger partial charge is 0.487 e. The topological polar surface area (TPSA) is 143 Å². The van der Waals surface area contributed by atoms with Crippen LogP contribution in [0.1, 0.15) is 73.4 Å². The maximum Gasteiger partial charge on any atom is 0.471 e. The summed E-state index contributed by atoms with van der Waals surface area (Å²) in [5.41, 5.74) is -4.96. The summed E-state index contributed by atoms with van der Waals surface area (Å²) in [7, 11) is 1.40. The zero-order chi connectivity index (χ0) is 46.1. The molecule has 1 aliphatic rings. The van der Waals surface area contributed by atoms with Crippen LogP contribution in [0.2, 0.25) is 0 Å². The highest BCUT2D eigenvalue weighted by Crippen LogP contribution is 2.46. The van der Waals surface area contributed by atoms with Crippen molar-refractivity contribution in [1.29, 1.82) is 0 Å². The highest BCUT2D eigenvalue weighted by atomic mass is 19.4. The maximum absolute atomic E-state index is 17.3. The molecule has 0 aromatic heterocycles. The van der Waals surface area contributed by atoms with Gasteiger partial charge in [-0.05, 0) is 67.9 Å². The maximum atomic E-state index is 17.3. The van der Waals surface area contributed by atoms with Gasteiger partial charge in [-0.15, -0.1) is 0 Å². The van der Waals surface area contributed by atoms with E-state index in [1.54, 1.807) is 30.3 Å². The molecule has 20 heteroatoms. The molecule has 14 nitrogen and oxygen atoms in total. The van der Waals surface area contributed by atoms with E-state index in [1.165, 1.54) is 69.4 Å². The number of amides is 3. The molecule has 0 spiro atoms. The zero-order valence-corrected chi connectivity index (χ0v) is 36.0. The van der Waals surface area contributed by atoms with Gasteiger partial charge in [0.2, 0.25) is 0 Å². The number of nitrogens with zero attached hydrogens (tertiary/aromatic N) is 3. The van der Waals surface area contributed by atoms with Crippen LogP contribution in [0.15, 0.2) is 36.4 Å². The highest BCUT2D eigenvalue weighted by molar-refractivity contribution is 6.03. The van der Waals surface area contributed by atoms with Gasteiger partial charge in [-0.3, -0.25) is 19.4 Å². The van der Waals surface area contributed by atoms with Crippen molar-refractivity contribution in [3.63, 3.8) is 0 Å². The summed E-state index contributed by atoms with van der Waals surface area (Å²) in [5, 5.41) is 0. The SMILES string of the molecule is COCCOCOC(CN(C[C@H]1Cc2c(cc(OCc3ccccc3)c(N(CC(=O)OC(C)(C)C)C(=O)C(F)(F)F)c2F)N1C(=O)OC(C)(C)C)C(=O)OC(C)(C)C)C(F)F. The first kappa shape index (κ1) is 50.5. The molecule has 61 heavy (non-hydrogen) atoms. The van der Waals surface area contributed by atoms with Crippen molar-refractivity contribution in [3.8, 4) is 5.75 Å². The Balaban J connectivity index is 2.27. The lowest BCUT2D eigenvalue weighted by Gasteiger charge is -2.35. The second-order valence-corrected chi connectivity index (χ2v) is 16.9. The molecule has 1 heterocycles. The lowest BCUT2D eigenvalue weighted by molar-refractivity contribution is -0.171. The van der Waals surface area contributed by atoms with Crippen molar-refractivity contribution in [1.82, 2.24) is 4.90 Å². The van der Waals surface area contributed by atoms with Crippen LogP contribution in [0, 0.1) is 5.82 Å². The average Bonchev–Trinajstić information content (AvgIpc) is 3.48. The Morgan fingerprint density at radius 2 is 1.48 bits per heavy atom. The first-order valence-electron chi connectivity index (χ1n) is 19.2. The monoisotopic (exact) mass is 879 g/mol. The van der Waals surface area contributed by atoms with Crippen molar-refractivity contribution in [3.05, 3.63) is 53.3 Å². The Labute approximate surface area is 351 Å². The lowest BCUT2D eigenvalue weighted by Crippen LogP contribution is -2.52. The van der Waals surface area contributed by atoms with Gasteiger partial charge in [0, 0.05) is 31.7 Å². The summed E-state index contributed by atoms with van der Waals surface area (Å²) in [4.78, 5) is 55.5. The second-order valence-electron chi connectivity index (χ2n) is 16.9. The van der Waals surface area contributed by atoms with E-state index in [1.807, 2.05) is 0 Å². The molecule has 0 saturated heterocycles. The van der Waals surface area contributed by atoms with Crippen LogP contribution in [0.25, 0.3) is 0 Å². The minimum atomic E-state index is -5.64. The molecule has 3 amide bonds. The van der Waals surface area contributed by atoms with E-state index in [9.17, 15) is 41.1 Å². The van der Waals surface area contributed by atoms with E-state index in [4.69, 9.17) is 33.2 Å². The first-order valence-corrected chi connectivity index (χ1v) is 19.2. The van der Waals surface area contributed by atoms with Crippen LogP contribution in [-0.4, -0.2) is 117 Å². The van der Waals surface area contributed by atoms with E-state index in [2.05, 4.69) is 0 Å². The predicted octanol–water partition coefficient (Wildman–Crippen LogP) is 7.82. The average molecular weight is 880 g/mol. The summed E-state index contributed by atoms with van der Waals surface area (Å²) < 4.78 is 127. The Morgan fingerprint density at radius 1 is 0.869 bits per heavy atom. The minimum Gasteiger partial charge on any atom is -0.487 e. The first-order chi connectivity index (χ1) is 28.1. The molecule has 1 aliphatic heterocycles. The number of halogens is 6. The van der Waals surface area contributed by atoms with Gasteiger partial charge in [0.05, 0.1) is 31.5 Å². The Morgan fingerprint density at radius 3 is 2.02 bits per heavy atom. The number of rotatable bonds is 17. The van der Waals surface area contributed by atoms with Crippen molar-refractivity contribution in [2.45, 2.75) is 117 Å². The summed E-state index contributed by atoms with van der Waals surface area (Å²) >= 11 is 0. The van der Waals surface area contributed by atoms with Gasteiger partial charge in [0.25, 0.3) is 6.43 Å². The summed E-state index contributed by atoms with van der Waals surface area (Å²) in [5.74, 6) is -6.15. The number of anilines is 2. The number of fused-ring (bicyclic) bond motifs is 1. The molecule has 2 atom stereocenters. The highest BCUT2D eigenvalue weighted by Gasteiger charge is 2.48. The van der Waals surface area contributed by atoms with E-state index in [0.717, 1.165) is 15.9 Å². The minimum absolute atomic E-state index is 0.00178. The third-order valence-corrected chi connectivity index (χ3v) is 8.20. The molecule has 1 unspecified atom stereocenters. The van der Waals surface area contributed by atoms with Crippen LogP contribution >= 0.6 is 0 Å². The van der Waals surface area contributed by atoms with Crippen LogP contribution < -0.4 is 14.5 Å². The number of hydrogen-bond acceptors (Lipinski definition) is 11. The number of methoxy groups -OCH3 is 1. The van der Waals surface area contributed by atoms with Gasteiger partial charge < -0.3 is 38.1 Å². The van der Waals surface area contributed by atoms with Gasteiger partial charge in [-0.25, -0.2) is 22.8 Å². The van der Waals surface area contributed by atoms with E-state index >= 15 is 4.39 Å². The predicted molar refractivity (Wildman–Crippen MR) is 209 cm³/mol. The quantitative estimate of drug-likeness (QED) is 0.0505. The molecular weight excluding hydrogens is 824 g/mol. The third-order valence-electron chi connectivity index (χ3n) is 8.20. The fourth-order valence-electron chi connectivity index (χ4n) is 5.85. The molecule has 0 N–H and O–H groups in total. The number of alkyl halides is 5. The van der Waals surface area contributed by atoms with Crippen molar-refractivity contribution in [2.24, 2.45) is 0 Å². The van der Waals surface area contributed by atoms with Gasteiger partial charge >= 0.3 is 30.2 Å². The van der Waals surface area contributed by atoms with E-state index in [-0.39, 0.29) is 30.4 Å². The summed E-state index contributed by atoms with van der Waals surface area (Å²) in [6.45, 7) is 9.68. The third kappa shape index (κ3) is 15.5. The van der Waals surface area contributed by atoms with Crippen LogP contribution in [0.4, 0.5) is 47.3 Å².